The number of hydrogen-bond acceptors (Lipinski definition) is 5. The number of carbonyl (C=O) groups is 1. The molecule has 3 aromatic rings. The molecule has 0 aliphatic heterocycles. The number of carbonyl (C=O) groups excluding carboxylic acids is 1. The van der Waals surface area contributed by atoms with E-state index >= 15 is 0 Å². The summed E-state index contributed by atoms with van der Waals surface area (Å²) in [5.41, 5.74) is 1.49. The summed E-state index contributed by atoms with van der Waals surface area (Å²) in [6.45, 7) is 0. The molecule has 0 aliphatic carbocycles. The summed E-state index contributed by atoms with van der Waals surface area (Å²) in [5.74, 6) is 0.908. The lowest BCUT2D eigenvalue weighted by Crippen LogP contribution is -2.14. The van der Waals surface area contributed by atoms with Crippen LogP contribution in [-0.4, -0.2) is 31.5 Å². The first-order chi connectivity index (χ1) is 12.0. The predicted molar refractivity (Wildman–Crippen MR) is 98.9 cm³/mol. The molecule has 0 spiro atoms. The number of phenolic OH excluding ortho intramolecular Hbond substituents is 1. The van der Waals surface area contributed by atoms with E-state index in [4.69, 9.17) is 11.6 Å². The number of thioether (sulfide) groups is 1. The average molecular weight is 375 g/mol. The van der Waals surface area contributed by atoms with E-state index < -0.39 is 0 Å². The van der Waals surface area contributed by atoms with Crippen molar-refractivity contribution >= 4 is 35.0 Å². The lowest BCUT2D eigenvalue weighted by atomic mass is 10.2. The van der Waals surface area contributed by atoms with Gasteiger partial charge in [-0.15, -0.1) is 10.2 Å². The zero-order valence-corrected chi connectivity index (χ0v) is 14.9. The van der Waals surface area contributed by atoms with Crippen molar-refractivity contribution in [3.63, 3.8) is 0 Å². The molecule has 0 bridgehead atoms. The maximum Gasteiger partial charge on any atom is 0.234 e. The highest BCUT2D eigenvalue weighted by Gasteiger charge is 2.13. The van der Waals surface area contributed by atoms with Gasteiger partial charge in [0.05, 0.1) is 5.75 Å². The molecule has 0 radical (unpaired) electrons. The summed E-state index contributed by atoms with van der Waals surface area (Å²) in [7, 11) is 1.83. The van der Waals surface area contributed by atoms with Crippen LogP contribution in [0.25, 0.3) is 11.4 Å². The highest BCUT2D eigenvalue weighted by Crippen LogP contribution is 2.24. The van der Waals surface area contributed by atoms with Gasteiger partial charge in [0.25, 0.3) is 0 Å². The van der Waals surface area contributed by atoms with Gasteiger partial charge in [-0.3, -0.25) is 4.79 Å². The normalized spacial score (nSPS) is 10.6. The monoisotopic (exact) mass is 374 g/mol. The molecule has 25 heavy (non-hydrogen) atoms. The first kappa shape index (κ1) is 17.3. The Bertz CT molecular complexity index is 896. The highest BCUT2D eigenvalue weighted by molar-refractivity contribution is 7.99. The van der Waals surface area contributed by atoms with E-state index in [0.717, 1.165) is 5.56 Å². The minimum atomic E-state index is -0.151. The van der Waals surface area contributed by atoms with Crippen molar-refractivity contribution in [2.45, 2.75) is 5.16 Å². The van der Waals surface area contributed by atoms with Gasteiger partial charge in [-0.25, -0.2) is 0 Å². The van der Waals surface area contributed by atoms with Crippen molar-refractivity contribution < 1.29 is 9.90 Å². The standard InChI is InChI=1S/C17H15ClN4O2S/c1-22-16(11-5-7-14(23)8-6-11)20-21-17(22)25-10-15(24)19-13-4-2-3-12(18)9-13/h2-9,23H,10H2,1H3,(H,19,24). The average Bonchev–Trinajstić information content (AvgIpc) is 2.94. The Kier molecular flexibility index (Phi) is 5.25. The summed E-state index contributed by atoms with van der Waals surface area (Å²) < 4.78 is 1.81. The third-order valence-corrected chi connectivity index (χ3v) is 4.66. The van der Waals surface area contributed by atoms with Crippen LogP contribution in [0.15, 0.2) is 53.7 Å². The number of halogens is 1. The first-order valence-electron chi connectivity index (χ1n) is 7.40. The topological polar surface area (TPSA) is 80.0 Å². The van der Waals surface area contributed by atoms with Gasteiger partial charge >= 0.3 is 0 Å². The second-order valence-corrected chi connectivity index (χ2v) is 6.64. The van der Waals surface area contributed by atoms with Gasteiger partial charge in [0.15, 0.2) is 11.0 Å². The van der Waals surface area contributed by atoms with Crippen LogP contribution in [0.5, 0.6) is 5.75 Å². The van der Waals surface area contributed by atoms with E-state index in [0.29, 0.717) is 21.7 Å². The molecule has 0 fully saturated rings. The largest absolute Gasteiger partial charge is 0.508 e. The number of nitrogens with one attached hydrogen (secondary N) is 1. The quantitative estimate of drug-likeness (QED) is 0.667. The van der Waals surface area contributed by atoms with Crippen LogP contribution in [0, 0.1) is 0 Å². The molecule has 128 valence electrons. The molecule has 1 aromatic heterocycles. The van der Waals surface area contributed by atoms with E-state index in [-0.39, 0.29) is 17.4 Å². The van der Waals surface area contributed by atoms with Crippen molar-refractivity contribution in [1.29, 1.82) is 0 Å². The Morgan fingerprint density at radius 2 is 2.00 bits per heavy atom. The smallest absolute Gasteiger partial charge is 0.234 e. The molecule has 2 N–H and O–H groups in total. The maximum absolute atomic E-state index is 12.1. The predicted octanol–water partition coefficient (Wildman–Crippen LogP) is 3.57. The molecule has 2 aromatic carbocycles. The van der Waals surface area contributed by atoms with E-state index in [9.17, 15) is 9.90 Å². The molecule has 1 amide bonds. The molecule has 0 aliphatic rings. The maximum atomic E-state index is 12.1. The van der Waals surface area contributed by atoms with Gasteiger partial charge in [0, 0.05) is 23.3 Å². The van der Waals surface area contributed by atoms with Crippen LogP contribution in [0.1, 0.15) is 0 Å². The van der Waals surface area contributed by atoms with Crippen LogP contribution < -0.4 is 5.32 Å². The summed E-state index contributed by atoms with van der Waals surface area (Å²) >= 11 is 7.19. The van der Waals surface area contributed by atoms with Crippen LogP contribution in [0.3, 0.4) is 0 Å². The molecule has 0 unspecified atom stereocenters. The number of hydrogen-bond donors (Lipinski definition) is 2. The Morgan fingerprint density at radius 1 is 1.24 bits per heavy atom. The Balaban J connectivity index is 1.64. The van der Waals surface area contributed by atoms with Crippen LogP contribution in [0.4, 0.5) is 5.69 Å². The van der Waals surface area contributed by atoms with Crippen LogP contribution in [0.2, 0.25) is 5.02 Å². The number of nitrogens with zero attached hydrogens (tertiary/aromatic N) is 3. The zero-order valence-electron chi connectivity index (χ0n) is 13.3. The number of aromatic hydroxyl groups is 1. The fraction of sp³-hybridized carbons (Fsp3) is 0.118. The number of aromatic nitrogens is 3. The minimum Gasteiger partial charge on any atom is -0.508 e. The van der Waals surface area contributed by atoms with Crippen molar-refractivity contribution in [3.8, 4) is 17.1 Å². The number of phenols is 1. The van der Waals surface area contributed by atoms with E-state index in [1.165, 1.54) is 11.8 Å². The third kappa shape index (κ3) is 4.32. The molecule has 1 heterocycles. The van der Waals surface area contributed by atoms with Gasteiger partial charge < -0.3 is 15.0 Å². The van der Waals surface area contributed by atoms with Crippen molar-refractivity contribution in [2.24, 2.45) is 7.05 Å². The summed E-state index contributed by atoms with van der Waals surface area (Å²) in [5, 5.41) is 21.6. The zero-order chi connectivity index (χ0) is 17.8. The fourth-order valence-electron chi connectivity index (χ4n) is 2.20. The molecule has 3 rings (SSSR count). The second-order valence-electron chi connectivity index (χ2n) is 5.26. The van der Waals surface area contributed by atoms with E-state index in [1.54, 1.807) is 48.5 Å². The fourth-order valence-corrected chi connectivity index (χ4v) is 3.10. The number of anilines is 1. The van der Waals surface area contributed by atoms with Crippen LogP contribution >= 0.6 is 23.4 Å². The Hall–Kier alpha value is -2.51. The minimum absolute atomic E-state index is 0.151. The SMILES string of the molecule is Cn1c(SCC(=O)Nc2cccc(Cl)c2)nnc1-c1ccc(O)cc1. The lowest BCUT2D eigenvalue weighted by Gasteiger charge is -2.06. The van der Waals surface area contributed by atoms with E-state index in [2.05, 4.69) is 15.5 Å². The van der Waals surface area contributed by atoms with Crippen molar-refractivity contribution in [3.05, 3.63) is 53.6 Å². The molecule has 0 atom stereocenters. The molecular weight excluding hydrogens is 360 g/mol. The third-order valence-electron chi connectivity index (χ3n) is 3.40. The number of rotatable bonds is 5. The summed E-state index contributed by atoms with van der Waals surface area (Å²) in [6.07, 6.45) is 0. The van der Waals surface area contributed by atoms with Gasteiger partial charge in [-0.05, 0) is 42.5 Å². The van der Waals surface area contributed by atoms with Crippen molar-refractivity contribution in [1.82, 2.24) is 14.8 Å². The summed E-state index contributed by atoms with van der Waals surface area (Å²) in [4.78, 5) is 12.1. The Labute approximate surface area is 153 Å². The molecule has 8 heteroatoms. The lowest BCUT2D eigenvalue weighted by molar-refractivity contribution is -0.113. The number of amides is 1. The van der Waals surface area contributed by atoms with Gasteiger partial charge in [-0.2, -0.15) is 0 Å². The molecular formula is C17H15ClN4O2S. The first-order valence-corrected chi connectivity index (χ1v) is 8.76. The van der Waals surface area contributed by atoms with Gasteiger partial charge in [0.1, 0.15) is 5.75 Å². The molecule has 6 nitrogen and oxygen atoms in total. The molecule has 0 saturated carbocycles. The summed E-state index contributed by atoms with van der Waals surface area (Å²) in [6, 6.07) is 13.7. The van der Waals surface area contributed by atoms with Crippen molar-refractivity contribution in [2.75, 3.05) is 11.1 Å². The van der Waals surface area contributed by atoms with Gasteiger partial charge in [-0.1, -0.05) is 29.4 Å². The van der Waals surface area contributed by atoms with Crippen LogP contribution in [-0.2, 0) is 11.8 Å². The molecule has 0 saturated heterocycles. The van der Waals surface area contributed by atoms with Gasteiger partial charge in [0.2, 0.25) is 5.91 Å². The number of benzene rings is 2. The van der Waals surface area contributed by atoms with E-state index in [1.807, 2.05) is 11.6 Å². The highest BCUT2D eigenvalue weighted by atomic mass is 35.5. The Morgan fingerprint density at radius 3 is 2.72 bits per heavy atom. The second kappa shape index (κ2) is 7.58.